The molecule has 0 radical (unpaired) electrons. The first-order valence-electron chi connectivity index (χ1n) is 7.05. The molecular formula is C16H20N2O3. The van der Waals surface area contributed by atoms with Crippen LogP contribution >= 0.6 is 0 Å². The summed E-state index contributed by atoms with van der Waals surface area (Å²) in [7, 11) is 1.79. The quantitative estimate of drug-likeness (QED) is 0.644. The zero-order valence-corrected chi connectivity index (χ0v) is 12.2. The predicted molar refractivity (Wildman–Crippen MR) is 81.9 cm³/mol. The van der Waals surface area contributed by atoms with E-state index >= 15 is 0 Å². The number of phenolic OH excluding ortho intramolecular Hbond substituents is 1. The predicted octanol–water partition coefficient (Wildman–Crippen LogP) is 2.38. The number of anilines is 1. The van der Waals surface area contributed by atoms with Crippen LogP contribution in [-0.4, -0.2) is 35.4 Å². The smallest absolute Gasteiger partial charge is 0.229 e. The summed E-state index contributed by atoms with van der Waals surface area (Å²) in [6, 6.07) is 5.00. The van der Waals surface area contributed by atoms with E-state index in [2.05, 4.69) is 11.9 Å². The van der Waals surface area contributed by atoms with Crippen LogP contribution in [0.4, 0.5) is 5.69 Å². The maximum absolute atomic E-state index is 11.8. The number of aromatic hydroxyl groups is 1. The molecule has 1 aliphatic heterocycles. The second-order valence-corrected chi connectivity index (χ2v) is 5.13. The Morgan fingerprint density at radius 3 is 2.62 bits per heavy atom. The van der Waals surface area contributed by atoms with Crippen LogP contribution < -0.4 is 5.32 Å². The highest BCUT2D eigenvalue weighted by atomic mass is 16.3. The average molecular weight is 288 g/mol. The first-order valence-corrected chi connectivity index (χ1v) is 7.05. The van der Waals surface area contributed by atoms with E-state index in [0.717, 1.165) is 16.8 Å². The number of imide groups is 1. The van der Waals surface area contributed by atoms with Gasteiger partial charge in [-0.3, -0.25) is 14.5 Å². The van der Waals surface area contributed by atoms with Crippen molar-refractivity contribution in [1.82, 2.24) is 4.90 Å². The van der Waals surface area contributed by atoms with Gasteiger partial charge in [-0.1, -0.05) is 6.58 Å². The van der Waals surface area contributed by atoms with E-state index < -0.39 is 0 Å². The van der Waals surface area contributed by atoms with Gasteiger partial charge in [0.2, 0.25) is 11.8 Å². The van der Waals surface area contributed by atoms with Gasteiger partial charge in [0.25, 0.3) is 0 Å². The number of hydrogen-bond donors (Lipinski definition) is 2. The fraction of sp³-hybridized carbons (Fsp3) is 0.375. The van der Waals surface area contributed by atoms with Crippen molar-refractivity contribution >= 4 is 23.1 Å². The zero-order valence-electron chi connectivity index (χ0n) is 12.2. The van der Waals surface area contributed by atoms with E-state index in [-0.39, 0.29) is 17.6 Å². The Labute approximate surface area is 124 Å². The van der Waals surface area contributed by atoms with Gasteiger partial charge < -0.3 is 10.4 Å². The topological polar surface area (TPSA) is 69.6 Å². The van der Waals surface area contributed by atoms with Gasteiger partial charge in [0.05, 0.1) is 0 Å². The lowest BCUT2D eigenvalue weighted by molar-refractivity contribution is -0.147. The number of benzene rings is 1. The van der Waals surface area contributed by atoms with Gasteiger partial charge in [-0.15, -0.1) is 0 Å². The molecule has 0 bridgehead atoms. The van der Waals surface area contributed by atoms with Crippen molar-refractivity contribution in [2.24, 2.45) is 0 Å². The summed E-state index contributed by atoms with van der Waals surface area (Å²) < 4.78 is 0. The first kappa shape index (κ1) is 15.1. The van der Waals surface area contributed by atoms with Crippen LogP contribution in [-0.2, 0) is 9.59 Å². The highest BCUT2D eigenvalue weighted by Crippen LogP contribution is 2.29. The molecule has 21 heavy (non-hydrogen) atoms. The molecule has 0 spiro atoms. The standard InChI is InChI=1S/C16H20N2O3/c1-11(13-10-12(19)6-7-14(13)17-2)8-9-18-15(20)4-3-5-16(18)21/h6-7,10,17,19H,1,3-5,8-9H2,2H3. The number of phenols is 1. The summed E-state index contributed by atoms with van der Waals surface area (Å²) in [5.74, 6) is -0.0529. The van der Waals surface area contributed by atoms with E-state index in [1.54, 1.807) is 25.2 Å². The molecule has 0 atom stereocenters. The summed E-state index contributed by atoms with van der Waals surface area (Å²) in [6.07, 6.45) is 2.01. The molecule has 0 saturated carbocycles. The molecule has 1 aromatic carbocycles. The SMILES string of the molecule is C=C(CCN1C(=O)CCCC1=O)c1cc(O)ccc1NC. The van der Waals surface area contributed by atoms with Gasteiger partial charge in [0.15, 0.2) is 0 Å². The number of carbonyl (C=O) groups excluding carboxylic acids is 2. The molecular weight excluding hydrogens is 268 g/mol. The van der Waals surface area contributed by atoms with E-state index in [4.69, 9.17) is 0 Å². The van der Waals surface area contributed by atoms with Crippen molar-refractivity contribution in [3.63, 3.8) is 0 Å². The lowest BCUT2D eigenvalue weighted by Gasteiger charge is -2.25. The van der Waals surface area contributed by atoms with Gasteiger partial charge in [0, 0.05) is 37.7 Å². The maximum atomic E-state index is 11.8. The molecule has 1 saturated heterocycles. The fourth-order valence-electron chi connectivity index (χ4n) is 2.47. The Bertz CT molecular complexity index is 565. The van der Waals surface area contributed by atoms with Crippen molar-refractivity contribution in [3.8, 4) is 5.75 Å². The van der Waals surface area contributed by atoms with E-state index in [0.29, 0.717) is 32.2 Å². The summed E-state index contributed by atoms with van der Waals surface area (Å²) >= 11 is 0. The number of nitrogens with one attached hydrogen (secondary N) is 1. The molecule has 5 heteroatoms. The van der Waals surface area contributed by atoms with Gasteiger partial charge >= 0.3 is 0 Å². The van der Waals surface area contributed by atoms with Gasteiger partial charge in [-0.2, -0.15) is 0 Å². The third-order valence-corrected chi connectivity index (χ3v) is 3.67. The minimum Gasteiger partial charge on any atom is -0.508 e. The van der Waals surface area contributed by atoms with Crippen LogP contribution in [0.2, 0.25) is 0 Å². The Morgan fingerprint density at radius 2 is 2.00 bits per heavy atom. The number of hydrogen-bond acceptors (Lipinski definition) is 4. The fourth-order valence-corrected chi connectivity index (χ4v) is 2.47. The second kappa shape index (κ2) is 6.43. The summed E-state index contributed by atoms with van der Waals surface area (Å²) in [5, 5.41) is 12.6. The Hall–Kier alpha value is -2.30. The molecule has 1 fully saturated rings. The molecule has 2 rings (SSSR count). The van der Waals surface area contributed by atoms with E-state index in [9.17, 15) is 14.7 Å². The number of rotatable bonds is 5. The molecule has 0 aliphatic carbocycles. The third-order valence-electron chi connectivity index (χ3n) is 3.67. The Balaban J connectivity index is 2.06. The van der Waals surface area contributed by atoms with Crippen molar-refractivity contribution in [2.75, 3.05) is 18.9 Å². The van der Waals surface area contributed by atoms with Crippen LogP contribution in [0.3, 0.4) is 0 Å². The molecule has 112 valence electrons. The highest BCUT2D eigenvalue weighted by Gasteiger charge is 2.25. The summed E-state index contributed by atoms with van der Waals surface area (Å²) in [6.45, 7) is 4.35. The van der Waals surface area contributed by atoms with Gasteiger partial charge in [-0.05, 0) is 36.6 Å². The number of amides is 2. The largest absolute Gasteiger partial charge is 0.508 e. The second-order valence-electron chi connectivity index (χ2n) is 5.13. The van der Waals surface area contributed by atoms with Crippen molar-refractivity contribution < 1.29 is 14.7 Å². The molecule has 0 aromatic heterocycles. The van der Waals surface area contributed by atoms with Crippen LogP contribution in [0.15, 0.2) is 24.8 Å². The molecule has 1 heterocycles. The molecule has 0 unspecified atom stereocenters. The van der Waals surface area contributed by atoms with Crippen LogP contribution in [0.5, 0.6) is 5.75 Å². The summed E-state index contributed by atoms with van der Waals surface area (Å²) in [5.41, 5.74) is 2.44. The van der Waals surface area contributed by atoms with Crippen molar-refractivity contribution in [1.29, 1.82) is 0 Å². The highest BCUT2D eigenvalue weighted by molar-refractivity contribution is 5.97. The van der Waals surface area contributed by atoms with Gasteiger partial charge in [0.1, 0.15) is 5.75 Å². The Morgan fingerprint density at radius 1 is 1.33 bits per heavy atom. The molecule has 1 aromatic rings. The minimum absolute atomic E-state index is 0.108. The van der Waals surface area contributed by atoms with Gasteiger partial charge in [-0.25, -0.2) is 0 Å². The van der Waals surface area contributed by atoms with Crippen molar-refractivity contribution in [3.05, 3.63) is 30.3 Å². The van der Waals surface area contributed by atoms with Crippen molar-refractivity contribution in [2.45, 2.75) is 25.7 Å². The number of likely N-dealkylation sites (tertiary alicyclic amines) is 1. The number of nitrogens with zero attached hydrogens (tertiary/aromatic N) is 1. The minimum atomic E-state index is -0.108. The molecule has 2 N–H and O–H groups in total. The van der Waals surface area contributed by atoms with E-state index in [1.807, 2.05) is 0 Å². The molecule has 1 aliphatic rings. The Kier molecular flexibility index (Phi) is 4.62. The normalized spacial score (nSPS) is 15.2. The molecule has 2 amide bonds. The lowest BCUT2D eigenvalue weighted by atomic mass is 10.0. The van der Waals surface area contributed by atoms with Crippen LogP contribution in [0.1, 0.15) is 31.2 Å². The number of piperidine rings is 1. The lowest BCUT2D eigenvalue weighted by Crippen LogP contribution is -2.40. The molecule has 5 nitrogen and oxygen atoms in total. The first-order chi connectivity index (χ1) is 10.0. The van der Waals surface area contributed by atoms with Crippen LogP contribution in [0, 0.1) is 0 Å². The van der Waals surface area contributed by atoms with Crippen LogP contribution in [0.25, 0.3) is 5.57 Å². The maximum Gasteiger partial charge on any atom is 0.229 e. The number of carbonyl (C=O) groups is 2. The summed E-state index contributed by atoms with van der Waals surface area (Å²) in [4.78, 5) is 24.8. The average Bonchev–Trinajstić information content (AvgIpc) is 2.46. The third kappa shape index (κ3) is 3.42. The van der Waals surface area contributed by atoms with E-state index in [1.165, 1.54) is 4.90 Å². The monoisotopic (exact) mass is 288 g/mol. The zero-order chi connectivity index (χ0) is 15.4.